The first-order valence-corrected chi connectivity index (χ1v) is 7.20. The van der Waals surface area contributed by atoms with E-state index in [9.17, 15) is 14.3 Å². The highest BCUT2D eigenvalue weighted by Gasteiger charge is 2.20. The molecule has 1 N–H and O–H groups in total. The number of nitrogens with zero attached hydrogens (tertiary/aromatic N) is 2. The second-order valence-corrected chi connectivity index (χ2v) is 5.17. The second-order valence-electron chi connectivity index (χ2n) is 5.17. The summed E-state index contributed by atoms with van der Waals surface area (Å²) in [7, 11) is 1.58. The maximum Gasteiger partial charge on any atom is 0.339 e. The number of ether oxygens (including phenoxy) is 1. The van der Waals surface area contributed by atoms with Crippen LogP contribution in [0.3, 0.4) is 0 Å². The van der Waals surface area contributed by atoms with E-state index in [1.165, 1.54) is 12.1 Å². The van der Waals surface area contributed by atoms with Crippen LogP contribution in [0.5, 0.6) is 0 Å². The van der Waals surface area contributed by atoms with Gasteiger partial charge in [-0.1, -0.05) is 12.1 Å². The normalized spacial score (nSPS) is 10.6. The van der Waals surface area contributed by atoms with E-state index in [1.807, 2.05) is 4.90 Å². The molecule has 0 unspecified atom stereocenters. The topological polar surface area (TPSA) is 62.7 Å². The Bertz CT molecular complexity index is 674. The van der Waals surface area contributed by atoms with Gasteiger partial charge in [0.1, 0.15) is 17.2 Å². The van der Waals surface area contributed by atoms with Crippen molar-refractivity contribution >= 4 is 11.8 Å². The largest absolute Gasteiger partial charge is 0.478 e. The van der Waals surface area contributed by atoms with E-state index in [4.69, 9.17) is 4.74 Å². The molecule has 2 rings (SSSR count). The fourth-order valence-electron chi connectivity index (χ4n) is 2.32. The van der Waals surface area contributed by atoms with Crippen molar-refractivity contribution in [2.45, 2.75) is 13.5 Å². The lowest BCUT2D eigenvalue weighted by Gasteiger charge is -2.25. The predicted molar refractivity (Wildman–Crippen MR) is 85.3 cm³/mol. The number of carboxylic acid groups (broad SMARTS) is 1. The quantitative estimate of drug-likeness (QED) is 0.850. The Morgan fingerprint density at radius 1 is 1.30 bits per heavy atom. The molecule has 0 radical (unpaired) electrons. The van der Waals surface area contributed by atoms with E-state index < -0.39 is 5.97 Å². The zero-order valence-electron chi connectivity index (χ0n) is 13.1. The van der Waals surface area contributed by atoms with E-state index in [0.717, 1.165) is 5.56 Å². The van der Waals surface area contributed by atoms with Gasteiger partial charge >= 0.3 is 5.97 Å². The molecule has 5 nitrogen and oxygen atoms in total. The third-order valence-corrected chi connectivity index (χ3v) is 3.50. The van der Waals surface area contributed by atoms with Crippen molar-refractivity contribution in [3.8, 4) is 0 Å². The number of pyridine rings is 1. The molecule has 1 heterocycles. The Balaban J connectivity index is 2.36. The second kappa shape index (κ2) is 7.69. The zero-order valence-corrected chi connectivity index (χ0v) is 13.1. The summed E-state index contributed by atoms with van der Waals surface area (Å²) in [6, 6.07) is 7.77. The van der Waals surface area contributed by atoms with E-state index in [1.54, 1.807) is 38.4 Å². The molecule has 1 aromatic carbocycles. The molecule has 1 aromatic heterocycles. The minimum absolute atomic E-state index is 0.172. The molecule has 2 aromatic rings. The molecule has 0 atom stereocenters. The van der Waals surface area contributed by atoms with Crippen LogP contribution in [-0.2, 0) is 11.3 Å². The predicted octanol–water partition coefficient (Wildman–Crippen LogP) is 2.88. The monoisotopic (exact) mass is 318 g/mol. The summed E-state index contributed by atoms with van der Waals surface area (Å²) in [6.07, 6.45) is 1.58. The number of halogens is 1. The smallest absolute Gasteiger partial charge is 0.339 e. The average Bonchev–Trinajstić information content (AvgIpc) is 2.52. The molecule has 0 aliphatic heterocycles. The highest BCUT2D eigenvalue weighted by molar-refractivity contribution is 5.94. The fraction of sp³-hybridized carbons (Fsp3) is 0.294. The lowest BCUT2D eigenvalue weighted by atomic mass is 10.1. The van der Waals surface area contributed by atoms with Gasteiger partial charge in [0, 0.05) is 26.4 Å². The van der Waals surface area contributed by atoms with Gasteiger partial charge in [-0.05, 0) is 36.2 Å². The first kappa shape index (κ1) is 16.9. The molecular weight excluding hydrogens is 299 g/mol. The van der Waals surface area contributed by atoms with Crippen molar-refractivity contribution in [1.29, 1.82) is 0 Å². The minimum atomic E-state index is -1.02. The number of benzene rings is 1. The molecule has 0 saturated heterocycles. The molecule has 0 saturated carbocycles. The van der Waals surface area contributed by atoms with Gasteiger partial charge in [0.15, 0.2) is 0 Å². The maximum absolute atomic E-state index is 13.0. The summed E-state index contributed by atoms with van der Waals surface area (Å²) in [5.41, 5.74) is 1.68. The van der Waals surface area contributed by atoms with Crippen LogP contribution in [0.2, 0.25) is 0 Å². The number of carbonyl (C=O) groups is 1. The minimum Gasteiger partial charge on any atom is -0.478 e. The van der Waals surface area contributed by atoms with Crippen molar-refractivity contribution in [2.24, 2.45) is 0 Å². The molecule has 122 valence electrons. The van der Waals surface area contributed by atoms with E-state index >= 15 is 0 Å². The highest BCUT2D eigenvalue weighted by atomic mass is 19.1. The van der Waals surface area contributed by atoms with Crippen LogP contribution in [0.25, 0.3) is 0 Å². The highest BCUT2D eigenvalue weighted by Crippen LogP contribution is 2.23. The van der Waals surface area contributed by atoms with Gasteiger partial charge in [-0.3, -0.25) is 0 Å². The molecule has 0 aliphatic rings. The number of aromatic nitrogens is 1. The van der Waals surface area contributed by atoms with Crippen molar-refractivity contribution in [2.75, 3.05) is 25.2 Å². The van der Waals surface area contributed by atoms with Crippen LogP contribution >= 0.6 is 0 Å². The molecule has 0 fully saturated rings. The molecule has 0 bridgehead atoms. The average molecular weight is 318 g/mol. The molecule has 23 heavy (non-hydrogen) atoms. The van der Waals surface area contributed by atoms with Gasteiger partial charge in [-0.2, -0.15) is 0 Å². The summed E-state index contributed by atoms with van der Waals surface area (Å²) in [5.74, 6) is -0.942. The van der Waals surface area contributed by atoms with Crippen LogP contribution in [0.15, 0.2) is 36.5 Å². The Morgan fingerprint density at radius 2 is 2.00 bits per heavy atom. The number of anilines is 1. The molecule has 0 aliphatic carbocycles. The Morgan fingerprint density at radius 3 is 2.61 bits per heavy atom. The zero-order chi connectivity index (χ0) is 16.8. The van der Waals surface area contributed by atoms with Gasteiger partial charge < -0.3 is 14.7 Å². The van der Waals surface area contributed by atoms with Crippen molar-refractivity contribution < 1.29 is 19.0 Å². The number of hydrogen-bond acceptors (Lipinski definition) is 4. The van der Waals surface area contributed by atoms with Crippen LogP contribution in [-0.4, -0.2) is 36.3 Å². The first-order chi connectivity index (χ1) is 11.0. The van der Waals surface area contributed by atoms with Crippen LogP contribution < -0.4 is 4.90 Å². The lowest BCUT2D eigenvalue weighted by molar-refractivity contribution is 0.0696. The number of aromatic carboxylic acids is 1. The summed E-state index contributed by atoms with van der Waals surface area (Å²) >= 11 is 0. The van der Waals surface area contributed by atoms with Crippen LogP contribution in [0.1, 0.15) is 21.5 Å². The first-order valence-electron chi connectivity index (χ1n) is 7.20. The van der Waals surface area contributed by atoms with Crippen molar-refractivity contribution in [1.82, 2.24) is 4.98 Å². The molecular formula is C17H19FN2O3. The number of aryl methyl sites for hydroxylation is 1. The van der Waals surface area contributed by atoms with Gasteiger partial charge in [-0.15, -0.1) is 0 Å². The van der Waals surface area contributed by atoms with Crippen molar-refractivity contribution in [3.63, 3.8) is 0 Å². The third-order valence-electron chi connectivity index (χ3n) is 3.50. The molecule has 0 amide bonds. The van der Waals surface area contributed by atoms with Gasteiger partial charge in [0.05, 0.1) is 6.61 Å². The van der Waals surface area contributed by atoms with Gasteiger partial charge in [0.25, 0.3) is 0 Å². The van der Waals surface area contributed by atoms with Crippen molar-refractivity contribution in [3.05, 3.63) is 59.0 Å². The lowest BCUT2D eigenvalue weighted by Crippen LogP contribution is -2.29. The number of hydrogen-bond donors (Lipinski definition) is 1. The number of rotatable bonds is 7. The fourth-order valence-corrected chi connectivity index (χ4v) is 2.32. The van der Waals surface area contributed by atoms with E-state index in [2.05, 4.69) is 4.98 Å². The van der Waals surface area contributed by atoms with Crippen LogP contribution in [0, 0.1) is 12.7 Å². The van der Waals surface area contributed by atoms with E-state index in [0.29, 0.717) is 31.1 Å². The van der Waals surface area contributed by atoms with Gasteiger partial charge in [0.2, 0.25) is 0 Å². The molecule has 6 heteroatoms. The third kappa shape index (κ3) is 4.26. The van der Waals surface area contributed by atoms with E-state index in [-0.39, 0.29) is 11.4 Å². The number of methoxy groups -OCH3 is 1. The Kier molecular flexibility index (Phi) is 5.65. The van der Waals surface area contributed by atoms with Gasteiger partial charge in [-0.25, -0.2) is 14.2 Å². The summed E-state index contributed by atoms with van der Waals surface area (Å²) in [6.45, 7) is 3.06. The molecule has 0 spiro atoms. The van der Waals surface area contributed by atoms with Crippen LogP contribution in [0.4, 0.5) is 10.2 Å². The summed E-state index contributed by atoms with van der Waals surface area (Å²) in [5, 5.41) is 9.48. The maximum atomic E-state index is 13.0. The standard InChI is InChI=1S/C17H19FN2O3/c1-12-7-8-19-16(15(12)17(21)22)20(9-10-23-2)11-13-3-5-14(18)6-4-13/h3-8H,9-11H2,1-2H3,(H,21,22). The Hall–Kier alpha value is -2.47. The SMILES string of the molecule is COCCN(Cc1ccc(F)cc1)c1nccc(C)c1C(=O)O. The number of carboxylic acids is 1. The summed E-state index contributed by atoms with van der Waals surface area (Å²) < 4.78 is 18.2. The Labute approximate surface area is 134 Å². The summed E-state index contributed by atoms with van der Waals surface area (Å²) in [4.78, 5) is 17.6.